The second kappa shape index (κ2) is 12.7. The highest BCUT2D eigenvalue weighted by Gasteiger charge is 2.32. The quantitative estimate of drug-likeness (QED) is 0.173. The molecule has 0 aliphatic heterocycles. The van der Waals surface area contributed by atoms with Crippen LogP contribution in [0.5, 0.6) is 0 Å². The highest BCUT2D eigenvalue weighted by Crippen LogP contribution is 2.32. The van der Waals surface area contributed by atoms with E-state index >= 15 is 0 Å². The molecule has 2 amide bonds. The molecule has 0 aliphatic rings. The normalized spacial score (nSPS) is 11.2. The third-order valence-electron chi connectivity index (χ3n) is 6.12. The molecule has 42 heavy (non-hydrogen) atoms. The Labute approximate surface area is 239 Å². The van der Waals surface area contributed by atoms with Gasteiger partial charge in [0, 0.05) is 54.8 Å². The number of halogens is 3. The first-order valence-corrected chi connectivity index (χ1v) is 12.9. The van der Waals surface area contributed by atoms with E-state index in [0.29, 0.717) is 34.9 Å². The summed E-state index contributed by atoms with van der Waals surface area (Å²) in [5.74, 6) is 0.211. The van der Waals surface area contributed by atoms with Crippen LogP contribution in [-0.2, 0) is 6.18 Å². The predicted octanol–water partition coefficient (Wildman–Crippen LogP) is 4.45. The van der Waals surface area contributed by atoms with E-state index < -0.39 is 23.6 Å². The summed E-state index contributed by atoms with van der Waals surface area (Å²) in [6.45, 7) is 3.54. The molecule has 0 spiro atoms. The Hall–Kier alpha value is -4.98. The van der Waals surface area contributed by atoms with Gasteiger partial charge in [-0.15, -0.1) is 0 Å². The lowest BCUT2D eigenvalue weighted by Gasteiger charge is -2.15. The summed E-state index contributed by atoms with van der Waals surface area (Å²) in [6.07, 6.45) is -3.11. The summed E-state index contributed by atoms with van der Waals surface area (Å²) < 4.78 is 42.3. The molecular weight excluding hydrogens is 553 g/mol. The molecule has 0 saturated heterocycles. The van der Waals surface area contributed by atoms with Crippen molar-refractivity contribution in [3.8, 4) is 5.82 Å². The number of aliphatic hydroxyl groups excluding tert-OH is 1. The molecule has 5 N–H and O–H groups in total. The number of hydrogen-bond acceptors (Lipinski definition) is 8. The minimum Gasteiger partial charge on any atom is -0.396 e. The molecule has 0 fully saturated rings. The van der Waals surface area contributed by atoms with Crippen molar-refractivity contribution in [2.75, 3.05) is 36.1 Å². The second-order valence-corrected chi connectivity index (χ2v) is 9.33. The molecule has 0 unspecified atom stereocenters. The van der Waals surface area contributed by atoms with Crippen LogP contribution in [0.4, 0.5) is 36.2 Å². The van der Waals surface area contributed by atoms with Crippen molar-refractivity contribution in [1.82, 2.24) is 25.1 Å². The van der Waals surface area contributed by atoms with Crippen LogP contribution >= 0.6 is 0 Å². The molecule has 220 valence electrons. The number of aromatic nitrogens is 4. The number of nitrogens with zero attached hydrogens (tertiary/aromatic N) is 4. The number of carbonyl (C=O) groups is 2. The second-order valence-electron chi connectivity index (χ2n) is 9.33. The molecule has 0 aliphatic carbocycles. The largest absolute Gasteiger partial charge is 0.416 e. The Kier molecular flexibility index (Phi) is 9.06. The van der Waals surface area contributed by atoms with Gasteiger partial charge in [0.15, 0.2) is 5.82 Å². The number of aliphatic hydroxyl groups is 1. The summed E-state index contributed by atoms with van der Waals surface area (Å²) in [6, 6.07) is 10.9. The predicted molar refractivity (Wildman–Crippen MR) is 151 cm³/mol. The summed E-state index contributed by atoms with van der Waals surface area (Å²) in [5.41, 5.74) is 0.644. The summed E-state index contributed by atoms with van der Waals surface area (Å²) in [4.78, 5) is 34.0. The Morgan fingerprint density at radius 1 is 0.976 bits per heavy atom. The summed E-state index contributed by atoms with van der Waals surface area (Å²) in [7, 11) is 1.73. The van der Waals surface area contributed by atoms with Gasteiger partial charge in [0.05, 0.1) is 11.3 Å². The van der Waals surface area contributed by atoms with Gasteiger partial charge in [-0.3, -0.25) is 9.59 Å². The molecule has 0 bridgehead atoms. The number of hydrogen-bond donors (Lipinski definition) is 5. The minimum absolute atomic E-state index is 0.0821. The molecule has 0 saturated carbocycles. The Balaban J connectivity index is 1.60. The van der Waals surface area contributed by atoms with Crippen LogP contribution in [0.3, 0.4) is 0 Å². The number of carbonyl (C=O) groups excluding carboxylic acids is 2. The van der Waals surface area contributed by atoms with Crippen molar-refractivity contribution in [2.45, 2.75) is 26.4 Å². The topological polar surface area (TPSA) is 146 Å². The maximum atomic E-state index is 13.6. The summed E-state index contributed by atoms with van der Waals surface area (Å²) >= 11 is 0. The zero-order valence-electron chi connectivity index (χ0n) is 23.0. The van der Waals surface area contributed by atoms with Gasteiger partial charge in [-0.1, -0.05) is 6.07 Å². The van der Waals surface area contributed by atoms with Gasteiger partial charge in [-0.25, -0.2) is 9.97 Å². The van der Waals surface area contributed by atoms with Crippen molar-refractivity contribution in [2.24, 2.45) is 0 Å². The lowest BCUT2D eigenvalue weighted by atomic mass is 10.1. The van der Waals surface area contributed by atoms with E-state index in [1.54, 1.807) is 36.0 Å². The number of rotatable bonds is 10. The molecule has 11 nitrogen and oxygen atoms in total. The van der Waals surface area contributed by atoms with Crippen LogP contribution in [0.15, 0.2) is 54.9 Å². The van der Waals surface area contributed by atoms with E-state index in [2.05, 4.69) is 36.3 Å². The number of alkyl halides is 3. The maximum absolute atomic E-state index is 13.6. The van der Waals surface area contributed by atoms with Gasteiger partial charge < -0.3 is 26.4 Å². The average molecular weight is 583 g/mol. The molecule has 2 heterocycles. The van der Waals surface area contributed by atoms with Crippen LogP contribution < -0.4 is 21.3 Å². The smallest absolute Gasteiger partial charge is 0.396 e. The van der Waals surface area contributed by atoms with Gasteiger partial charge in [-0.2, -0.15) is 23.0 Å². The lowest BCUT2D eigenvalue weighted by molar-refractivity contribution is -0.137. The fourth-order valence-electron chi connectivity index (χ4n) is 3.98. The zero-order chi connectivity index (χ0) is 30.4. The fourth-order valence-corrected chi connectivity index (χ4v) is 3.98. The third kappa shape index (κ3) is 7.20. The number of anilines is 4. The molecule has 0 radical (unpaired) electrons. The van der Waals surface area contributed by atoms with Crippen molar-refractivity contribution < 1.29 is 27.9 Å². The summed E-state index contributed by atoms with van der Waals surface area (Å²) in [5, 5.41) is 24.5. The number of aryl methyl sites for hydroxylation is 2. The van der Waals surface area contributed by atoms with E-state index in [9.17, 15) is 22.8 Å². The van der Waals surface area contributed by atoms with Crippen molar-refractivity contribution in [3.05, 3.63) is 82.8 Å². The van der Waals surface area contributed by atoms with E-state index in [1.807, 2.05) is 13.8 Å². The van der Waals surface area contributed by atoms with Gasteiger partial charge >= 0.3 is 6.18 Å². The average Bonchev–Trinajstić information content (AvgIpc) is 3.33. The zero-order valence-corrected chi connectivity index (χ0v) is 23.0. The molecule has 14 heteroatoms. The third-order valence-corrected chi connectivity index (χ3v) is 6.12. The Bertz CT molecular complexity index is 1600. The van der Waals surface area contributed by atoms with E-state index in [0.717, 1.165) is 17.7 Å². The van der Waals surface area contributed by atoms with Crippen LogP contribution in [0.2, 0.25) is 0 Å². The maximum Gasteiger partial charge on any atom is 0.416 e. The van der Waals surface area contributed by atoms with Crippen molar-refractivity contribution in [1.29, 1.82) is 0 Å². The van der Waals surface area contributed by atoms with Crippen LogP contribution in [0.1, 0.15) is 44.0 Å². The molecule has 2 aromatic carbocycles. The standard InChI is InChI=1S/C28H29F3N8O3/c1-16-5-6-18(12-22(16)37-25-9-17(2)38-39(25)24-14-23(32-3)34-15-35-24)27(42)36-21-11-19(26(41)33-7-4-8-40)10-20(13-21)28(29,30)31/h5-6,9-15,37,40H,4,7-8H2,1-3H3,(H,33,41)(H,36,42)(H,32,34,35). The van der Waals surface area contributed by atoms with E-state index in [-0.39, 0.29) is 36.4 Å². The number of amides is 2. The highest BCUT2D eigenvalue weighted by atomic mass is 19.4. The SMILES string of the molecule is CNc1cc(-n2nc(C)cc2Nc2cc(C(=O)Nc3cc(C(=O)NCCCO)cc(C(F)(F)F)c3)ccc2C)ncn1. The van der Waals surface area contributed by atoms with E-state index in [4.69, 9.17) is 5.11 Å². The first-order chi connectivity index (χ1) is 20.0. The molecule has 0 atom stereocenters. The minimum atomic E-state index is -4.75. The Morgan fingerprint density at radius 3 is 2.48 bits per heavy atom. The number of nitrogens with one attached hydrogen (secondary N) is 4. The van der Waals surface area contributed by atoms with Gasteiger partial charge in [0.25, 0.3) is 11.8 Å². The first-order valence-electron chi connectivity index (χ1n) is 12.9. The first kappa shape index (κ1) is 30.0. The van der Waals surface area contributed by atoms with Gasteiger partial charge in [0.2, 0.25) is 0 Å². The number of benzene rings is 2. The van der Waals surface area contributed by atoms with Gasteiger partial charge in [-0.05, 0) is 56.2 Å². The lowest BCUT2D eigenvalue weighted by Crippen LogP contribution is -2.25. The van der Waals surface area contributed by atoms with Crippen LogP contribution in [0, 0.1) is 13.8 Å². The molecule has 2 aromatic heterocycles. The van der Waals surface area contributed by atoms with Crippen LogP contribution in [-0.4, -0.2) is 56.9 Å². The fraction of sp³-hybridized carbons (Fsp3) is 0.250. The molecular formula is C28H29F3N8O3. The van der Waals surface area contributed by atoms with Crippen molar-refractivity contribution in [3.63, 3.8) is 0 Å². The van der Waals surface area contributed by atoms with Gasteiger partial charge in [0.1, 0.15) is 18.0 Å². The highest BCUT2D eigenvalue weighted by molar-refractivity contribution is 6.06. The molecule has 4 aromatic rings. The van der Waals surface area contributed by atoms with Crippen molar-refractivity contribution >= 4 is 34.8 Å². The van der Waals surface area contributed by atoms with E-state index in [1.165, 1.54) is 12.4 Å². The monoisotopic (exact) mass is 582 g/mol. The molecule has 4 rings (SSSR count). The van der Waals surface area contributed by atoms with Crippen LogP contribution in [0.25, 0.3) is 5.82 Å². The Morgan fingerprint density at radius 2 is 1.76 bits per heavy atom.